The summed E-state index contributed by atoms with van der Waals surface area (Å²) in [6, 6.07) is 10.7. The minimum atomic E-state index is -0.574. The Morgan fingerprint density at radius 1 is 1.16 bits per heavy atom. The summed E-state index contributed by atoms with van der Waals surface area (Å²) in [5.74, 6) is 2.08. The van der Waals surface area contributed by atoms with Crippen molar-refractivity contribution in [2.45, 2.75) is 45.5 Å². The number of esters is 1. The maximum absolute atomic E-state index is 13.1. The van der Waals surface area contributed by atoms with Crippen molar-refractivity contribution < 1.29 is 19.0 Å². The van der Waals surface area contributed by atoms with Gasteiger partial charge in [-0.05, 0) is 77.8 Å². The summed E-state index contributed by atoms with van der Waals surface area (Å²) >= 11 is 11.2. The summed E-state index contributed by atoms with van der Waals surface area (Å²) in [6.07, 6.45) is 0. The Bertz CT molecular complexity index is 1310. The van der Waals surface area contributed by atoms with Crippen molar-refractivity contribution >= 4 is 51.2 Å². The lowest BCUT2D eigenvalue weighted by Gasteiger charge is -2.28. The predicted octanol–water partition coefficient (Wildman–Crippen LogP) is 6.64. The number of hydrogen-bond acceptors (Lipinski definition) is 8. The van der Waals surface area contributed by atoms with Crippen LogP contribution < -0.4 is 14.8 Å². The molecule has 0 saturated carbocycles. The molecule has 0 radical (unpaired) electrons. The second-order valence-corrected chi connectivity index (χ2v) is 10.6. The Balaban J connectivity index is 1.78. The number of nitrogens with zero attached hydrogens (tertiary/aromatic N) is 3. The first-order chi connectivity index (χ1) is 17.9. The molecule has 4 rings (SSSR count). The van der Waals surface area contributed by atoms with Crippen LogP contribution in [0.3, 0.4) is 0 Å². The lowest BCUT2D eigenvalue weighted by atomic mass is 9.95. The number of nitrogens with one attached hydrogen (secondary N) is 1. The van der Waals surface area contributed by atoms with E-state index in [1.807, 2.05) is 57.2 Å². The summed E-state index contributed by atoms with van der Waals surface area (Å²) in [7, 11) is 0. The number of carbonyl (C=O) groups is 1. The van der Waals surface area contributed by atoms with E-state index in [1.165, 1.54) is 11.8 Å². The molecule has 2 heterocycles. The van der Waals surface area contributed by atoms with Crippen molar-refractivity contribution in [2.75, 3.05) is 24.3 Å². The van der Waals surface area contributed by atoms with Crippen LogP contribution in [0.15, 0.2) is 57.3 Å². The Morgan fingerprint density at radius 2 is 1.92 bits per heavy atom. The Morgan fingerprint density at radius 3 is 2.59 bits per heavy atom. The average Bonchev–Trinajstić information content (AvgIpc) is 3.26. The molecule has 1 atom stereocenters. The monoisotopic (exact) mass is 606 g/mol. The van der Waals surface area contributed by atoms with Gasteiger partial charge in [-0.1, -0.05) is 42.4 Å². The topological polar surface area (TPSA) is 87.5 Å². The molecule has 11 heteroatoms. The molecule has 1 N–H and O–H groups in total. The number of carbonyl (C=O) groups excluding carboxylic acids is 1. The molecule has 1 aromatic heterocycles. The molecular weight excluding hydrogens is 580 g/mol. The van der Waals surface area contributed by atoms with Crippen molar-refractivity contribution in [2.24, 2.45) is 0 Å². The molecule has 3 aromatic rings. The summed E-state index contributed by atoms with van der Waals surface area (Å²) in [4.78, 5) is 17.7. The van der Waals surface area contributed by atoms with Crippen LogP contribution >= 0.6 is 39.3 Å². The minimum absolute atomic E-state index is 0.259. The molecule has 0 aliphatic carbocycles. The van der Waals surface area contributed by atoms with Crippen molar-refractivity contribution in [3.63, 3.8) is 0 Å². The number of benzene rings is 2. The van der Waals surface area contributed by atoms with Crippen LogP contribution in [0.1, 0.15) is 44.9 Å². The van der Waals surface area contributed by atoms with Crippen LogP contribution in [-0.2, 0) is 16.1 Å². The standard InChI is InChI=1S/C26H28BrClN4O4S/c1-5-34-20-13-17(12-19(27)23(20)36-14-16-8-10-18(28)11-9-16)22-21(24(33)35-6-2)15(4)29-25-30-26(37-7-3)31-32(22)25/h8-13,22H,5-7,14H2,1-4H3,(H,29,30,31). The number of anilines is 1. The van der Waals surface area contributed by atoms with Crippen LogP contribution in [0.25, 0.3) is 0 Å². The first-order valence-electron chi connectivity index (χ1n) is 11.9. The second kappa shape index (κ2) is 12.2. The third kappa shape index (κ3) is 6.08. The lowest BCUT2D eigenvalue weighted by Crippen LogP contribution is -2.29. The minimum Gasteiger partial charge on any atom is -0.490 e. The fourth-order valence-electron chi connectivity index (χ4n) is 3.99. The lowest BCUT2D eigenvalue weighted by molar-refractivity contribution is -0.139. The molecule has 8 nitrogen and oxygen atoms in total. The normalized spacial score (nSPS) is 14.7. The molecule has 2 aromatic carbocycles. The molecule has 0 saturated heterocycles. The van der Waals surface area contributed by atoms with Crippen LogP contribution in [0.2, 0.25) is 5.02 Å². The van der Waals surface area contributed by atoms with Gasteiger partial charge < -0.3 is 19.5 Å². The van der Waals surface area contributed by atoms with E-state index < -0.39 is 12.0 Å². The van der Waals surface area contributed by atoms with E-state index in [0.29, 0.717) is 56.6 Å². The summed E-state index contributed by atoms with van der Waals surface area (Å²) in [5.41, 5.74) is 2.86. The highest BCUT2D eigenvalue weighted by Gasteiger charge is 2.36. The first-order valence-corrected chi connectivity index (χ1v) is 14.1. The van der Waals surface area contributed by atoms with Crippen LogP contribution in [-0.4, -0.2) is 39.7 Å². The predicted molar refractivity (Wildman–Crippen MR) is 149 cm³/mol. The number of halogens is 2. The summed E-state index contributed by atoms with van der Waals surface area (Å²) in [5, 5.41) is 9.21. The number of thioether (sulfide) groups is 1. The molecule has 0 bridgehead atoms. The van der Waals surface area contributed by atoms with Gasteiger partial charge in [0.05, 0.1) is 23.3 Å². The largest absolute Gasteiger partial charge is 0.490 e. The van der Waals surface area contributed by atoms with Crippen LogP contribution in [0.4, 0.5) is 5.95 Å². The molecule has 1 aliphatic heterocycles. The van der Waals surface area contributed by atoms with Crippen LogP contribution in [0, 0.1) is 0 Å². The van der Waals surface area contributed by atoms with Gasteiger partial charge in [-0.25, -0.2) is 9.48 Å². The number of allylic oxidation sites excluding steroid dienone is 1. The molecule has 0 spiro atoms. The van der Waals surface area contributed by atoms with Gasteiger partial charge in [0.1, 0.15) is 12.6 Å². The number of ether oxygens (including phenoxy) is 3. The third-order valence-electron chi connectivity index (χ3n) is 5.55. The van der Waals surface area contributed by atoms with Crippen molar-refractivity contribution in [1.82, 2.24) is 14.8 Å². The van der Waals surface area contributed by atoms with Gasteiger partial charge in [-0.15, -0.1) is 5.10 Å². The van der Waals surface area contributed by atoms with Crippen molar-refractivity contribution in [3.8, 4) is 11.5 Å². The van der Waals surface area contributed by atoms with Crippen molar-refractivity contribution in [1.29, 1.82) is 0 Å². The average molecular weight is 608 g/mol. The molecular formula is C26H28BrClN4O4S. The highest BCUT2D eigenvalue weighted by atomic mass is 79.9. The first kappa shape index (κ1) is 27.3. The zero-order chi connectivity index (χ0) is 26.5. The van der Waals surface area contributed by atoms with Crippen molar-refractivity contribution in [3.05, 3.63) is 68.3 Å². The zero-order valence-corrected chi connectivity index (χ0v) is 24.2. The van der Waals surface area contributed by atoms with Gasteiger partial charge in [0.15, 0.2) is 11.5 Å². The molecule has 37 heavy (non-hydrogen) atoms. The quantitative estimate of drug-likeness (QED) is 0.203. The SMILES string of the molecule is CCOC(=O)C1=C(C)Nc2nc(SCC)nn2C1c1cc(Br)c(OCc2ccc(Cl)cc2)c(OCC)c1. The van der Waals surface area contributed by atoms with Gasteiger partial charge >= 0.3 is 5.97 Å². The van der Waals surface area contributed by atoms with E-state index in [1.54, 1.807) is 11.6 Å². The van der Waals surface area contributed by atoms with E-state index in [0.717, 1.165) is 16.9 Å². The van der Waals surface area contributed by atoms with E-state index in [-0.39, 0.29) is 6.61 Å². The maximum Gasteiger partial charge on any atom is 0.338 e. The number of aromatic nitrogens is 3. The maximum atomic E-state index is 13.1. The second-order valence-electron chi connectivity index (χ2n) is 8.06. The smallest absolute Gasteiger partial charge is 0.338 e. The number of rotatable bonds is 10. The fraction of sp³-hybridized carbons (Fsp3) is 0.346. The van der Waals surface area contributed by atoms with Crippen LogP contribution in [0.5, 0.6) is 11.5 Å². The Kier molecular flexibility index (Phi) is 9.04. The molecule has 1 aliphatic rings. The van der Waals surface area contributed by atoms with Gasteiger partial charge in [0.2, 0.25) is 11.1 Å². The number of hydrogen-bond donors (Lipinski definition) is 1. The van der Waals surface area contributed by atoms with E-state index >= 15 is 0 Å². The Labute approximate surface area is 233 Å². The molecule has 0 amide bonds. The van der Waals surface area contributed by atoms with Gasteiger partial charge in [-0.2, -0.15) is 4.98 Å². The van der Waals surface area contributed by atoms with E-state index in [9.17, 15) is 4.79 Å². The van der Waals surface area contributed by atoms with Gasteiger partial charge in [0, 0.05) is 10.7 Å². The van der Waals surface area contributed by atoms with E-state index in [2.05, 4.69) is 26.2 Å². The zero-order valence-electron chi connectivity index (χ0n) is 21.0. The Hall–Kier alpha value is -2.69. The fourth-order valence-corrected chi connectivity index (χ4v) is 5.24. The highest BCUT2D eigenvalue weighted by Crippen LogP contribution is 2.43. The summed E-state index contributed by atoms with van der Waals surface area (Å²) in [6.45, 7) is 8.60. The third-order valence-corrected chi connectivity index (χ3v) is 7.11. The molecule has 196 valence electrons. The summed E-state index contributed by atoms with van der Waals surface area (Å²) < 4.78 is 20.0. The number of fused-ring (bicyclic) bond motifs is 1. The molecule has 0 fully saturated rings. The van der Waals surface area contributed by atoms with Gasteiger partial charge in [-0.3, -0.25) is 0 Å². The highest BCUT2D eigenvalue weighted by molar-refractivity contribution is 9.10. The molecule has 1 unspecified atom stereocenters. The van der Waals surface area contributed by atoms with E-state index in [4.69, 9.17) is 30.9 Å². The van der Waals surface area contributed by atoms with Gasteiger partial charge in [0.25, 0.3) is 0 Å².